The van der Waals surface area contributed by atoms with Gasteiger partial charge >= 0.3 is 0 Å². The van der Waals surface area contributed by atoms with Crippen molar-refractivity contribution in [3.8, 4) is 10.6 Å². The Morgan fingerprint density at radius 3 is 2.81 bits per heavy atom. The normalized spacial score (nSPS) is 10.6. The highest BCUT2D eigenvalue weighted by Crippen LogP contribution is 2.28. The first-order chi connectivity index (χ1) is 7.85. The minimum Gasteiger partial charge on any atom is -0.264 e. The minimum atomic E-state index is 1.08. The third kappa shape index (κ3) is 2.30. The van der Waals surface area contributed by atoms with Gasteiger partial charge in [-0.3, -0.25) is 4.98 Å². The first-order valence-electron chi connectivity index (χ1n) is 5.74. The molecule has 0 saturated heterocycles. The van der Waals surface area contributed by atoms with Crippen LogP contribution in [-0.4, -0.2) is 9.97 Å². The lowest BCUT2D eigenvalue weighted by Gasteiger charge is -1.94. The third-order valence-electron chi connectivity index (χ3n) is 2.49. The smallest absolute Gasteiger partial charge is 0.125 e. The second-order valence-electron chi connectivity index (χ2n) is 3.73. The van der Waals surface area contributed by atoms with Gasteiger partial charge in [0.05, 0.1) is 5.69 Å². The fraction of sp³-hybridized carbons (Fsp3) is 0.385. The highest BCUT2D eigenvalue weighted by atomic mass is 32.1. The quantitative estimate of drug-likeness (QED) is 0.803. The SMILES string of the molecule is CCCc1nc(-c2cccnc2)sc1CC. The summed E-state index contributed by atoms with van der Waals surface area (Å²) in [5, 5.41) is 1.11. The number of pyridine rings is 1. The third-order valence-corrected chi connectivity index (χ3v) is 3.79. The molecule has 0 aliphatic rings. The average molecular weight is 232 g/mol. The maximum absolute atomic E-state index is 4.72. The van der Waals surface area contributed by atoms with Crippen molar-refractivity contribution < 1.29 is 0 Å². The Morgan fingerprint density at radius 2 is 2.19 bits per heavy atom. The van der Waals surface area contributed by atoms with E-state index in [1.54, 1.807) is 17.5 Å². The number of aryl methyl sites for hydroxylation is 2. The maximum atomic E-state index is 4.72. The van der Waals surface area contributed by atoms with Crippen molar-refractivity contribution in [3.63, 3.8) is 0 Å². The molecule has 84 valence electrons. The lowest BCUT2D eigenvalue weighted by atomic mass is 10.2. The van der Waals surface area contributed by atoms with Gasteiger partial charge in [0, 0.05) is 22.8 Å². The second-order valence-corrected chi connectivity index (χ2v) is 4.82. The molecule has 16 heavy (non-hydrogen) atoms. The van der Waals surface area contributed by atoms with Crippen LogP contribution in [0.25, 0.3) is 10.6 Å². The second kappa shape index (κ2) is 5.21. The summed E-state index contributed by atoms with van der Waals surface area (Å²) in [6.07, 6.45) is 7.00. The van der Waals surface area contributed by atoms with Crippen LogP contribution >= 0.6 is 11.3 Å². The van der Waals surface area contributed by atoms with Gasteiger partial charge in [0.2, 0.25) is 0 Å². The van der Waals surface area contributed by atoms with Crippen LogP contribution < -0.4 is 0 Å². The lowest BCUT2D eigenvalue weighted by Crippen LogP contribution is -1.88. The summed E-state index contributed by atoms with van der Waals surface area (Å²) in [7, 11) is 0. The predicted octanol–water partition coefficient (Wildman–Crippen LogP) is 3.72. The molecule has 0 aliphatic carbocycles. The van der Waals surface area contributed by atoms with Crippen LogP contribution in [-0.2, 0) is 12.8 Å². The molecule has 0 spiro atoms. The largest absolute Gasteiger partial charge is 0.264 e. The molecule has 0 saturated carbocycles. The Morgan fingerprint density at radius 1 is 1.31 bits per heavy atom. The molecule has 2 rings (SSSR count). The summed E-state index contributed by atoms with van der Waals surface area (Å²) in [6, 6.07) is 4.03. The van der Waals surface area contributed by atoms with Gasteiger partial charge in [-0.25, -0.2) is 4.98 Å². The van der Waals surface area contributed by atoms with Gasteiger partial charge < -0.3 is 0 Å². The van der Waals surface area contributed by atoms with Gasteiger partial charge in [0.1, 0.15) is 5.01 Å². The van der Waals surface area contributed by atoms with Crippen molar-refractivity contribution in [1.82, 2.24) is 9.97 Å². The van der Waals surface area contributed by atoms with Gasteiger partial charge in [-0.05, 0) is 25.0 Å². The molecule has 0 aliphatic heterocycles. The van der Waals surface area contributed by atoms with Gasteiger partial charge in [0.25, 0.3) is 0 Å². The maximum Gasteiger partial charge on any atom is 0.125 e. The van der Waals surface area contributed by atoms with E-state index in [1.165, 1.54) is 10.6 Å². The van der Waals surface area contributed by atoms with E-state index in [0.717, 1.165) is 29.8 Å². The molecular weight excluding hydrogens is 216 g/mol. The summed E-state index contributed by atoms with van der Waals surface area (Å²) in [6.45, 7) is 4.39. The predicted molar refractivity (Wildman–Crippen MR) is 68.7 cm³/mol. The van der Waals surface area contributed by atoms with Gasteiger partial charge in [-0.2, -0.15) is 0 Å². The van der Waals surface area contributed by atoms with E-state index in [4.69, 9.17) is 4.98 Å². The van der Waals surface area contributed by atoms with E-state index >= 15 is 0 Å². The zero-order valence-corrected chi connectivity index (χ0v) is 10.5. The van der Waals surface area contributed by atoms with Crippen molar-refractivity contribution in [1.29, 1.82) is 0 Å². The van der Waals surface area contributed by atoms with Crippen molar-refractivity contribution in [2.45, 2.75) is 33.1 Å². The highest BCUT2D eigenvalue weighted by Gasteiger charge is 2.10. The Kier molecular flexibility index (Phi) is 3.67. The molecule has 2 nitrogen and oxygen atoms in total. The molecular formula is C13H16N2S. The fourth-order valence-electron chi connectivity index (χ4n) is 1.70. The Labute approximate surface area is 100 Å². The molecule has 0 N–H and O–H groups in total. The van der Waals surface area contributed by atoms with E-state index in [1.807, 2.05) is 12.3 Å². The molecule has 0 bridgehead atoms. The van der Waals surface area contributed by atoms with Gasteiger partial charge in [0.15, 0.2) is 0 Å². The summed E-state index contributed by atoms with van der Waals surface area (Å²) in [4.78, 5) is 10.3. The number of aromatic nitrogens is 2. The molecule has 0 fully saturated rings. The first-order valence-corrected chi connectivity index (χ1v) is 6.55. The van der Waals surface area contributed by atoms with Crippen LogP contribution in [0, 0.1) is 0 Å². The highest BCUT2D eigenvalue weighted by molar-refractivity contribution is 7.15. The van der Waals surface area contributed by atoms with Gasteiger partial charge in [-0.1, -0.05) is 20.3 Å². The zero-order valence-electron chi connectivity index (χ0n) is 9.73. The summed E-state index contributed by atoms with van der Waals surface area (Å²) in [5.41, 5.74) is 2.40. The molecule has 0 amide bonds. The Bertz CT molecular complexity index is 448. The zero-order chi connectivity index (χ0) is 11.4. The monoisotopic (exact) mass is 232 g/mol. The van der Waals surface area contributed by atoms with E-state index < -0.39 is 0 Å². The van der Waals surface area contributed by atoms with Crippen molar-refractivity contribution in [2.24, 2.45) is 0 Å². The van der Waals surface area contributed by atoms with Crippen LogP contribution in [0.4, 0.5) is 0 Å². The van der Waals surface area contributed by atoms with E-state index in [9.17, 15) is 0 Å². The van der Waals surface area contributed by atoms with Gasteiger partial charge in [-0.15, -0.1) is 11.3 Å². The van der Waals surface area contributed by atoms with Crippen molar-refractivity contribution in [3.05, 3.63) is 35.1 Å². The number of thiazole rings is 1. The molecule has 2 aromatic rings. The topological polar surface area (TPSA) is 25.8 Å². The standard InChI is InChI=1S/C13H16N2S/c1-3-6-11-12(4-2)16-13(15-11)10-7-5-8-14-9-10/h5,7-9H,3-4,6H2,1-2H3. The summed E-state index contributed by atoms with van der Waals surface area (Å²) in [5.74, 6) is 0. The fourth-order valence-corrected chi connectivity index (χ4v) is 2.74. The van der Waals surface area contributed by atoms with Crippen molar-refractivity contribution in [2.75, 3.05) is 0 Å². The minimum absolute atomic E-state index is 1.08. The van der Waals surface area contributed by atoms with E-state index in [0.29, 0.717) is 0 Å². The van der Waals surface area contributed by atoms with Crippen LogP contribution in [0.2, 0.25) is 0 Å². The molecule has 0 atom stereocenters. The lowest BCUT2D eigenvalue weighted by molar-refractivity contribution is 0.876. The van der Waals surface area contributed by atoms with E-state index in [2.05, 4.69) is 24.9 Å². The van der Waals surface area contributed by atoms with Crippen molar-refractivity contribution >= 4 is 11.3 Å². The Balaban J connectivity index is 2.36. The number of hydrogen-bond donors (Lipinski definition) is 0. The average Bonchev–Trinajstić information content (AvgIpc) is 2.74. The molecule has 0 aromatic carbocycles. The number of rotatable bonds is 4. The molecule has 2 aromatic heterocycles. The first kappa shape index (κ1) is 11.3. The number of hydrogen-bond acceptors (Lipinski definition) is 3. The summed E-state index contributed by atoms with van der Waals surface area (Å²) < 4.78 is 0. The number of nitrogens with zero attached hydrogens (tertiary/aromatic N) is 2. The Hall–Kier alpha value is -1.22. The van der Waals surface area contributed by atoms with Crippen LogP contribution in [0.5, 0.6) is 0 Å². The molecule has 0 radical (unpaired) electrons. The van der Waals surface area contributed by atoms with Crippen LogP contribution in [0.3, 0.4) is 0 Å². The van der Waals surface area contributed by atoms with Crippen LogP contribution in [0.15, 0.2) is 24.5 Å². The van der Waals surface area contributed by atoms with Crippen LogP contribution in [0.1, 0.15) is 30.8 Å². The molecule has 2 heterocycles. The molecule has 0 unspecified atom stereocenters. The summed E-state index contributed by atoms with van der Waals surface area (Å²) >= 11 is 1.80. The van der Waals surface area contributed by atoms with E-state index in [-0.39, 0.29) is 0 Å². The molecule has 3 heteroatoms.